The molecule has 206 valence electrons. The third-order valence-electron chi connectivity index (χ3n) is 8.05. The molecule has 2 aromatic heterocycles. The molecule has 0 bridgehead atoms. The lowest BCUT2D eigenvalue weighted by Crippen LogP contribution is -2.54. The Morgan fingerprint density at radius 2 is 1.88 bits per heavy atom. The lowest BCUT2D eigenvalue weighted by atomic mass is 9.77. The Labute approximate surface area is 231 Å². The van der Waals surface area contributed by atoms with E-state index in [-0.39, 0.29) is 29.9 Å². The number of nitrogens with zero attached hydrogens (tertiary/aromatic N) is 4. The smallest absolute Gasteiger partial charge is 0.262 e. The molecule has 1 aromatic carbocycles. The van der Waals surface area contributed by atoms with Gasteiger partial charge in [0.05, 0.1) is 29.1 Å². The quantitative estimate of drug-likeness (QED) is 0.277. The Bertz CT molecular complexity index is 1490. The number of nitrogens with one attached hydrogen (secondary N) is 3. The number of piperidine rings is 1. The van der Waals surface area contributed by atoms with Crippen LogP contribution in [0.5, 0.6) is 0 Å². The minimum absolute atomic E-state index is 0.101. The van der Waals surface area contributed by atoms with Gasteiger partial charge >= 0.3 is 0 Å². The van der Waals surface area contributed by atoms with E-state index in [9.17, 15) is 19.2 Å². The number of aromatic nitrogens is 3. The number of pyridine rings is 1. The maximum Gasteiger partial charge on any atom is 0.262 e. The van der Waals surface area contributed by atoms with Gasteiger partial charge in [0.15, 0.2) is 0 Å². The Balaban J connectivity index is 0.972. The first-order valence-corrected chi connectivity index (χ1v) is 13.7. The molecule has 1 atom stereocenters. The van der Waals surface area contributed by atoms with Gasteiger partial charge in [-0.3, -0.25) is 34.1 Å². The van der Waals surface area contributed by atoms with E-state index in [0.29, 0.717) is 12.0 Å². The first kappa shape index (κ1) is 25.7. The lowest BCUT2D eigenvalue weighted by Gasteiger charge is -2.35. The Kier molecular flexibility index (Phi) is 6.79. The molecule has 1 unspecified atom stereocenters. The van der Waals surface area contributed by atoms with Crippen LogP contribution in [0.15, 0.2) is 48.8 Å². The van der Waals surface area contributed by atoms with Gasteiger partial charge in [0.2, 0.25) is 11.8 Å². The van der Waals surface area contributed by atoms with Gasteiger partial charge in [0, 0.05) is 37.5 Å². The topological polar surface area (TPSA) is 138 Å². The highest BCUT2D eigenvalue weighted by atomic mass is 16.2. The third kappa shape index (κ3) is 4.83. The fraction of sp³-hybridized carbons (Fsp3) is 0.379. The molecule has 11 nitrogen and oxygen atoms in total. The van der Waals surface area contributed by atoms with Crippen LogP contribution in [0.2, 0.25) is 0 Å². The summed E-state index contributed by atoms with van der Waals surface area (Å²) in [6.45, 7) is 0.748. The largest absolute Gasteiger partial charge is 0.385 e. The maximum absolute atomic E-state index is 13.0. The van der Waals surface area contributed by atoms with Crippen LogP contribution in [0, 0.1) is 5.92 Å². The molecule has 4 amide bonds. The van der Waals surface area contributed by atoms with Crippen molar-refractivity contribution < 1.29 is 19.2 Å². The molecular formula is C29H31N7O4. The van der Waals surface area contributed by atoms with Crippen molar-refractivity contribution in [3.05, 3.63) is 59.9 Å². The van der Waals surface area contributed by atoms with Crippen LogP contribution in [-0.4, -0.2) is 62.9 Å². The third-order valence-corrected chi connectivity index (χ3v) is 8.05. The summed E-state index contributed by atoms with van der Waals surface area (Å²) < 4.78 is 2.05. The summed E-state index contributed by atoms with van der Waals surface area (Å²) >= 11 is 0. The lowest BCUT2D eigenvalue weighted by molar-refractivity contribution is -0.136. The highest BCUT2D eigenvalue weighted by Gasteiger charge is 2.44. The van der Waals surface area contributed by atoms with Crippen LogP contribution < -0.4 is 16.0 Å². The second kappa shape index (κ2) is 10.6. The number of amides is 4. The van der Waals surface area contributed by atoms with Crippen LogP contribution in [-0.2, 0) is 9.59 Å². The molecule has 2 fully saturated rings. The van der Waals surface area contributed by atoms with E-state index in [4.69, 9.17) is 0 Å². The number of benzene rings is 1. The number of imide groups is 2. The SMILES string of the molecule is CNc1cccc(-c2cnn(C3CC(CCCNc4ccc5c(c4)C(=O)N(C4CCC(=O)NC4=O)C5=O)C3)c2)n1. The zero-order valence-corrected chi connectivity index (χ0v) is 22.2. The summed E-state index contributed by atoms with van der Waals surface area (Å²) in [6, 6.07) is 10.4. The fourth-order valence-corrected chi connectivity index (χ4v) is 5.76. The van der Waals surface area contributed by atoms with Crippen molar-refractivity contribution in [1.82, 2.24) is 25.0 Å². The average Bonchev–Trinajstić information content (AvgIpc) is 3.51. The molecule has 3 N–H and O–H groups in total. The first-order valence-electron chi connectivity index (χ1n) is 13.7. The highest BCUT2D eigenvalue weighted by Crippen LogP contribution is 2.40. The highest BCUT2D eigenvalue weighted by molar-refractivity contribution is 6.23. The summed E-state index contributed by atoms with van der Waals surface area (Å²) in [6.07, 6.45) is 8.46. The van der Waals surface area contributed by atoms with E-state index >= 15 is 0 Å². The van der Waals surface area contributed by atoms with Crippen molar-refractivity contribution >= 4 is 35.1 Å². The molecule has 6 rings (SSSR count). The van der Waals surface area contributed by atoms with E-state index < -0.39 is 23.8 Å². The normalized spacial score (nSPS) is 22.1. The zero-order valence-electron chi connectivity index (χ0n) is 22.2. The van der Waals surface area contributed by atoms with E-state index in [1.54, 1.807) is 18.2 Å². The number of anilines is 2. The minimum Gasteiger partial charge on any atom is -0.385 e. The molecule has 3 aromatic rings. The second-order valence-corrected chi connectivity index (χ2v) is 10.6. The van der Waals surface area contributed by atoms with Crippen LogP contribution in [0.3, 0.4) is 0 Å². The van der Waals surface area contributed by atoms with Crippen molar-refractivity contribution in [2.75, 3.05) is 24.2 Å². The summed E-state index contributed by atoms with van der Waals surface area (Å²) in [5, 5.41) is 13.2. The molecule has 2 aliphatic heterocycles. The van der Waals surface area contributed by atoms with Gasteiger partial charge < -0.3 is 10.6 Å². The van der Waals surface area contributed by atoms with Crippen molar-refractivity contribution in [3.8, 4) is 11.3 Å². The predicted molar refractivity (Wildman–Crippen MR) is 148 cm³/mol. The summed E-state index contributed by atoms with van der Waals surface area (Å²) in [5.74, 6) is -0.505. The van der Waals surface area contributed by atoms with Gasteiger partial charge in [-0.1, -0.05) is 6.07 Å². The zero-order chi connectivity index (χ0) is 27.8. The molecule has 3 aliphatic rings. The molecular weight excluding hydrogens is 510 g/mol. The van der Waals surface area contributed by atoms with Crippen molar-refractivity contribution in [2.45, 2.75) is 50.6 Å². The standard InChI is InChI=1S/C29H31N7O4/c1-30-25-6-2-5-23(33-25)18-15-32-35(16-18)20-12-17(13-20)4-3-11-31-19-7-8-21-22(14-19)29(40)36(28(21)39)24-9-10-26(37)34-27(24)38/h2,5-8,14-17,20,24,31H,3-4,9-13H2,1H3,(H,30,33)(H,34,37,38). The van der Waals surface area contributed by atoms with Gasteiger partial charge in [-0.15, -0.1) is 0 Å². The molecule has 11 heteroatoms. The summed E-state index contributed by atoms with van der Waals surface area (Å²) in [5.41, 5.74) is 3.25. The summed E-state index contributed by atoms with van der Waals surface area (Å²) in [4.78, 5) is 55.1. The molecule has 4 heterocycles. The number of rotatable bonds is 9. The number of fused-ring (bicyclic) bond motifs is 1. The Morgan fingerprint density at radius 1 is 1.05 bits per heavy atom. The molecule has 0 radical (unpaired) electrons. The van der Waals surface area contributed by atoms with Gasteiger partial charge in [-0.25, -0.2) is 4.98 Å². The molecule has 1 saturated heterocycles. The summed E-state index contributed by atoms with van der Waals surface area (Å²) in [7, 11) is 1.85. The van der Waals surface area contributed by atoms with Gasteiger partial charge in [-0.05, 0) is 68.4 Å². The van der Waals surface area contributed by atoms with E-state index in [2.05, 4.69) is 36.9 Å². The number of carbonyl (C=O) groups is 4. The molecule has 0 spiro atoms. The number of hydrogen-bond donors (Lipinski definition) is 3. The second-order valence-electron chi connectivity index (χ2n) is 10.6. The van der Waals surface area contributed by atoms with E-state index in [1.165, 1.54) is 0 Å². The van der Waals surface area contributed by atoms with Crippen molar-refractivity contribution in [1.29, 1.82) is 0 Å². The maximum atomic E-state index is 13.0. The average molecular weight is 542 g/mol. The molecule has 1 saturated carbocycles. The van der Waals surface area contributed by atoms with Crippen LogP contribution in [0.25, 0.3) is 11.3 Å². The van der Waals surface area contributed by atoms with E-state index in [0.717, 1.165) is 59.9 Å². The predicted octanol–water partition coefficient (Wildman–Crippen LogP) is 3.23. The van der Waals surface area contributed by atoms with Crippen molar-refractivity contribution in [3.63, 3.8) is 0 Å². The number of carbonyl (C=O) groups excluding carboxylic acids is 4. The Morgan fingerprint density at radius 3 is 2.67 bits per heavy atom. The van der Waals surface area contributed by atoms with Crippen LogP contribution in [0.4, 0.5) is 11.5 Å². The minimum atomic E-state index is -0.956. The van der Waals surface area contributed by atoms with Crippen LogP contribution >= 0.6 is 0 Å². The van der Waals surface area contributed by atoms with Gasteiger partial charge in [0.1, 0.15) is 11.9 Å². The molecule has 40 heavy (non-hydrogen) atoms. The van der Waals surface area contributed by atoms with E-state index in [1.807, 2.05) is 31.4 Å². The fourth-order valence-electron chi connectivity index (χ4n) is 5.76. The van der Waals surface area contributed by atoms with Gasteiger partial charge in [-0.2, -0.15) is 5.10 Å². The van der Waals surface area contributed by atoms with Crippen LogP contribution in [0.1, 0.15) is 65.3 Å². The van der Waals surface area contributed by atoms with Crippen molar-refractivity contribution in [2.24, 2.45) is 5.92 Å². The molecule has 1 aliphatic carbocycles. The first-order chi connectivity index (χ1) is 19.4. The number of hydrogen-bond acceptors (Lipinski definition) is 8. The Hall–Kier alpha value is -4.54. The monoisotopic (exact) mass is 541 g/mol. The van der Waals surface area contributed by atoms with Gasteiger partial charge in [0.25, 0.3) is 11.8 Å².